The molecule has 19 heavy (non-hydrogen) atoms. The van der Waals surface area contributed by atoms with E-state index in [0.29, 0.717) is 11.6 Å². The van der Waals surface area contributed by atoms with E-state index >= 15 is 0 Å². The number of rotatable bonds is 4. The molecule has 3 N–H and O–H groups in total. The molecule has 0 radical (unpaired) electrons. The van der Waals surface area contributed by atoms with Gasteiger partial charge in [-0.2, -0.15) is 5.10 Å². The van der Waals surface area contributed by atoms with E-state index in [1.165, 1.54) is 6.26 Å². The number of nitrogens with two attached hydrogens (primary N) is 1. The number of amides is 1. The van der Waals surface area contributed by atoms with Crippen molar-refractivity contribution in [3.63, 3.8) is 0 Å². The van der Waals surface area contributed by atoms with Crippen LogP contribution in [0.1, 0.15) is 29.0 Å². The van der Waals surface area contributed by atoms with Gasteiger partial charge in [-0.15, -0.1) is 12.4 Å². The van der Waals surface area contributed by atoms with E-state index in [1.54, 1.807) is 10.9 Å². The summed E-state index contributed by atoms with van der Waals surface area (Å²) >= 11 is 0. The molecule has 0 bridgehead atoms. The Balaban J connectivity index is 0.00000180. The quantitative estimate of drug-likeness (QED) is 0.883. The van der Waals surface area contributed by atoms with E-state index in [-0.39, 0.29) is 30.6 Å². The fraction of sp³-hybridized carbons (Fsp3) is 0.364. The van der Waals surface area contributed by atoms with Crippen LogP contribution in [0, 0.1) is 6.92 Å². The summed E-state index contributed by atoms with van der Waals surface area (Å²) in [5, 5.41) is 6.87. The van der Waals surface area contributed by atoms with E-state index in [4.69, 9.17) is 10.2 Å². The number of aryl methyl sites for hydroxylation is 1. The van der Waals surface area contributed by atoms with E-state index in [2.05, 4.69) is 15.4 Å². The first-order valence-corrected chi connectivity index (χ1v) is 5.64. The molecule has 2 heterocycles. The zero-order valence-electron chi connectivity index (χ0n) is 10.7. The van der Waals surface area contributed by atoms with Crippen LogP contribution >= 0.6 is 12.4 Å². The van der Waals surface area contributed by atoms with Gasteiger partial charge in [-0.3, -0.25) is 9.48 Å². The Morgan fingerprint density at radius 2 is 2.32 bits per heavy atom. The molecule has 0 saturated heterocycles. The molecule has 0 saturated carbocycles. The van der Waals surface area contributed by atoms with Crippen molar-refractivity contribution in [1.82, 2.24) is 14.8 Å². The molecule has 0 fully saturated rings. The zero-order valence-corrected chi connectivity index (χ0v) is 11.5. The summed E-state index contributed by atoms with van der Waals surface area (Å²) in [7, 11) is 0. The number of carbonyl (C=O) groups is 1. The topological polar surface area (TPSA) is 99.0 Å². The Hall–Kier alpha value is -1.86. The Kier molecular flexibility index (Phi) is 5.08. The van der Waals surface area contributed by atoms with Crippen molar-refractivity contribution in [2.75, 3.05) is 5.32 Å². The average Bonchev–Trinajstić information content (AvgIpc) is 2.97. The maximum Gasteiger partial charge on any atom is 0.277 e. The molecule has 2 aromatic rings. The van der Waals surface area contributed by atoms with Crippen LogP contribution in [-0.4, -0.2) is 20.7 Å². The first-order valence-electron chi connectivity index (χ1n) is 5.64. The number of nitrogens with zero attached hydrogens (tertiary/aromatic N) is 3. The Morgan fingerprint density at radius 1 is 1.58 bits per heavy atom. The summed E-state index contributed by atoms with van der Waals surface area (Å²) < 4.78 is 6.81. The molecule has 0 aliphatic carbocycles. The van der Waals surface area contributed by atoms with Crippen molar-refractivity contribution < 1.29 is 9.21 Å². The third-order valence-electron chi connectivity index (χ3n) is 2.61. The minimum atomic E-state index is -0.336. The second-order valence-corrected chi connectivity index (χ2v) is 3.74. The van der Waals surface area contributed by atoms with Gasteiger partial charge in [0.1, 0.15) is 6.26 Å². The number of hydrogen-bond donors (Lipinski definition) is 2. The third-order valence-corrected chi connectivity index (χ3v) is 2.61. The highest BCUT2D eigenvalue weighted by Gasteiger charge is 2.14. The van der Waals surface area contributed by atoms with Crippen molar-refractivity contribution in [3.8, 4) is 0 Å². The lowest BCUT2D eigenvalue weighted by Gasteiger charge is -2.02. The summed E-state index contributed by atoms with van der Waals surface area (Å²) in [4.78, 5) is 15.8. The molecule has 7 nitrogen and oxygen atoms in total. The number of hydrogen-bond acceptors (Lipinski definition) is 5. The standard InChI is InChI=1S/C11H15N5O2.ClH/c1-3-16-7(2)8(5-13-16)15-11(17)9-6-18-10(4-12)14-9;/h5-6H,3-4,12H2,1-2H3,(H,15,17);1H. The second kappa shape index (κ2) is 6.35. The molecule has 0 aliphatic rings. The van der Waals surface area contributed by atoms with Gasteiger partial charge < -0.3 is 15.5 Å². The SMILES string of the molecule is CCn1ncc(NC(=O)c2coc(CN)n2)c1C.Cl. The van der Waals surface area contributed by atoms with Crippen LogP contribution in [0.3, 0.4) is 0 Å². The number of nitrogens with one attached hydrogen (secondary N) is 1. The summed E-state index contributed by atoms with van der Waals surface area (Å²) in [5.41, 5.74) is 7.13. The molecular formula is C11H16ClN5O2. The molecule has 2 rings (SSSR count). The monoisotopic (exact) mass is 285 g/mol. The minimum absolute atomic E-state index is 0. The van der Waals surface area contributed by atoms with Gasteiger partial charge in [-0.1, -0.05) is 0 Å². The lowest BCUT2D eigenvalue weighted by molar-refractivity contribution is 0.102. The van der Waals surface area contributed by atoms with Crippen LogP contribution in [0.25, 0.3) is 0 Å². The van der Waals surface area contributed by atoms with Crippen LogP contribution in [0.15, 0.2) is 16.9 Å². The van der Waals surface area contributed by atoms with Gasteiger partial charge in [-0.25, -0.2) is 4.98 Å². The van der Waals surface area contributed by atoms with Crippen molar-refractivity contribution in [1.29, 1.82) is 0 Å². The maximum absolute atomic E-state index is 11.9. The van der Waals surface area contributed by atoms with E-state index in [0.717, 1.165) is 12.2 Å². The van der Waals surface area contributed by atoms with Crippen molar-refractivity contribution in [2.45, 2.75) is 26.9 Å². The highest BCUT2D eigenvalue weighted by molar-refractivity contribution is 6.02. The van der Waals surface area contributed by atoms with Crippen molar-refractivity contribution in [2.24, 2.45) is 5.73 Å². The van der Waals surface area contributed by atoms with Crippen LogP contribution in [0.2, 0.25) is 0 Å². The maximum atomic E-state index is 11.9. The van der Waals surface area contributed by atoms with Gasteiger partial charge in [0.25, 0.3) is 5.91 Å². The number of aromatic nitrogens is 3. The first kappa shape index (κ1) is 15.2. The summed E-state index contributed by atoms with van der Waals surface area (Å²) in [6.45, 7) is 4.79. The number of carbonyl (C=O) groups excluding carboxylic acids is 1. The minimum Gasteiger partial charge on any atom is -0.447 e. The van der Waals surface area contributed by atoms with E-state index in [1.807, 2.05) is 13.8 Å². The Labute approximate surface area is 116 Å². The van der Waals surface area contributed by atoms with Gasteiger partial charge in [0.2, 0.25) is 5.89 Å². The van der Waals surface area contributed by atoms with Crippen molar-refractivity contribution >= 4 is 24.0 Å². The van der Waals surface area contributed by atoms with Gasteiger partial charge in [-0.05, 0) is 13.8 Å². The summed E-state index contributed by atoms with van der Waals surface area (Å²) in [6.07, 6.45) is 2.90. The molecule has 2 aromatic heterocycles. The lowest BCUT2D eigenvalue weighted by Crippen LogP contribution is -2.13. The zero-order chi connectivity index (χ0) is 13.1. The molecule has 0 aromatic carbocycles. The Morgan fingerprint density at radius 3 is 2.84 bits per heavy atom. The molecule has 0 aliphatic heterocycles. The average molecular weight is 286 g/mol. The highest BCUT2D eigenvalue weighted by Crippen LogP contribution is 2.14. The van der Waals surface area contributed by atoms with Crippen LogP contribution in [0.4, 0.5) is 5.69 Å². The Bertz CT molecular complexity index is 563. The van der Waals surface area contributed by atoms with Crippen molar-refractivity contribution in [3.05, 3.63) is 29.7 Å². The highest BCUT2D eigenvalue weighted by atomic mass is 35.5. The molecular weight excluding hydrogens is 270 g/mol. The predicted molar refractivity (Wildman–Crippen MR) is 72.2 cm³/mol. The molecule has 104 valence electrons. The van der Waals surface area contributed by atoms with Gasteiger partial charge in [0, 0.05) is 6.54 Å². The van der Waals surface area contributed by atoms with E-state index in [9.17, 15) is 4.79 Å². The smallest absolute Gasteiger partial charge is 0.277 e. The van der Waals surface area contributed by atoms with E-state index < -0.39 is 0 Å². The van der Waals surface area contributed by atoms with Gasteiger partial charge in [0.05, 0.1) is 24.1 Å². The summed E-state index contributed by atoms with van der Waals surface area (Å²) in [5.74, 6) is -0.00155. The molecule has 0 unspecified atom stereocenters. The number of oxazole rings is 1. The first-order chi connectivity index (χ1) is 8.65. The fourth-order valence-electron chi connectivity index (χ4n) is 1.58. The van der Waals surface area contributed by atoms with Gasteiger partial charge >= 0.3 is 0 Å². The molecule has 1 amide bonds. The fourth-order valence-corrected chi connectivity index (χ4v) is 1.58. The molecule has 0 spiro atoms. The normalized spacial score (nSPS) is 10.1. The van der Waals surface area contributed by atoms with Crippen LogP contribution in [0.5, 0.6) is 0 Å². The van der Waals surface area contributed by atoms with Gasteiger partial charge in [0.15, 0.2) is 5.69 Å². The number of halogens is 1. The second-order valence-electron chi connectivity index (χ2n) is 3.74. The predicted octanol–water partition coefficient (Wildman–Crippen LogP) is 1.33. The summed E-state index contributed by atoms with van der Waals surface area (Å²) in [6, 6.07) is 0. The molecule has 0 atom stereocenters. The largest absolute Gasteiger partial charge is 0.447 e. The lowest BCUT2D eigenvalue weighted by atomic mass is 10.3. The number of anilines is 1. The van der Waals surface area contributed by atoms with Crippen LogP contribution in [-0.2, 0) is 13.1 Å². The third kappa shape index (κ3) is 3.12. The molecule has 8 heteroatoms. The van der Waals surface area contributed by atoms with Crippen LogP contribution < -0.4 is 11.1 Å².